The summed E-state index contributed by atoms with van der Waals surface area (Å²) in [4.78, 5) is 28.2. The predicted octanol–water partition coefficient (Wildman–Crippen LogP) is 6.52. The van der Waals surface area contributed by atoms with Gasteiger partial charge in [-0.15, -0.1) is 0 Å². The van der Waals surface area contributed by atoms with Crippen LogP contribution in [-0.2, 0) is 17.6 Å². The van der Waals surface area contributed by atoms with Crippen molar-refractivity contribution in [3.63, 3.8) is 0 Å². The summed E-state index contributed by atoms with van der Waals surface area (Å²) >= 11 is 0. The Morgan fingerprint density at radius 2 is 1.51 bits per heavy atom. The number of aryl methyl sites for hydroxylation is 2. The van der Waals surface area contributed by atoms with Crippen LogP contribution < -0.4 is 10.1 Å². The molecule has 1 N–H and O–H groups in total. The van der Waals surface area contributed by atoms with Crippen LogP contribution in [0.1, 0.15) is 64.5 Å². The van der Waals surface area contributed by atoms with E-state index in [-0.39, 0.29) is 12.1 Å². The van der Waals surface area contributed by atoms with Gasteiger partial charge in [0.15, 0.2) is 0 Å². The molecule has 0 aliphatic carbocycles. The van der Waals surface area contributed by atoms with E-state index in [1.54, 1.807) is 9.80 Å². The van der Waals surface area contributed by atoms with Crippen LogP contribution in [0.2, 0.25) is 0 Å². The van der Waals surface area contributed by atoms with Gasteiger partial charge in [-0.2, -0.15) is 0 Å². The third kappa shape index (κ3) is 9.63. The lowest BCUT2D eigenvalue weighted by Crippen LogP contribution is -2.52. The summed E-state index contributed by atoms with van der Waals surface area (Å²) < 4.78 is 11.4. The standard InChI is InChI=1S/C30H43N3O4/c1-5-25-13-9-10-14-27(25)36-23-11-7-6-8-12-24-15-17-26(18-16-24)31-28(34)32-19-21-33(22-20-32)29(35)37-30(2,3)4/h9-10,13-18H,5-8,11-12,19-23H2,1-4H3,(H,31,34). The second-order valence-corrected chi connectivity index (χ2v) is 10.6. The predicted molar refractivity (Wildman–Crippen MR) is 148 cm³/mol. The summed E-state index contributed by atoms with van der Waals surface area (Å²) in [5.41, 5.74) is 2.81. The van der Waals surface area contributed by atoms with Crippen molar-refractivity contribution < 1.29 is 19.1 Å². The number of amides is 3. The number of piperazine rings is 1. The fourth-order valence-corrected chi connectivity index (χ4v) is 4.28. The smallest absolute Gasteiger partial charge is 0.410 e. The molecule has 202 valence electrons. The molecule has 0 atom stereocenters. The van der Waals surface area contributed by atoms with Gasteiger partial charge in [0.05, 0.1) is 6.61 Å². The summed E-state index contributed by atoms with van der Waals surface area (Å²) in [5, 5.41) is 2.97. The van der Waals surface area contributed by atoms with E-state index in [0.717, 1.165) is 50.1 Å². The molecule has 3 rings (SSSR count). The number of anilines is 1. The highest BCUT2D eigenvalue weighted by atomic mass is 16.6. The van der Waals surface area contributed by atoms with E-state index in [4.69, 9.17) is 9.47 Å². The van der Waals surface area contributed by atoms with Gasteiger partial charge in [-0.25, -0.2) is 9.59 Å². The summed E-state index contributed by atoms with van der Waals surface area (Å²) in [6.07, 6.45) is 6.23. The third-order valence-electron chi connectivity index (χ3n) is 6.39. The van der Waals surface area contributed by atoms with Gasteiger partial charge >= 0.3 is 12.1 Å². The Bertz CT molecular complexity index is 993. The molecule has 37 heavy (non-hydrogen) atoms. The maximum atomic E-state index is 12.7. The van der Waals surface area contributed by atoms with Crippen LogP contribution in [0.25, 0.3) is 0 Å². The number of para-hydroxylation sites is 1. The molecule has 7 nitrogen and oxygen atoms in total. The molecule has 0 unspecified atom stereocenters. The second kappa shape index (κ2) is 13.9. The number of rotatable bonds is 10. The van der Waals surface area contributed by atoms with Gasteiger partial charge in [0.1, 0.15) is 11.4 Å². The van der Waals surface area contributed by atoms with Gasteiger partial charge in [0.2, 0.25) is 0 Å². The van der Waals surface area contributed by atoms with Gasteiger partial charge < -0.3 is 24.6 Å². The van der Waals surface area contributed by atoms with E-state index in [0.29, 0.717) is 26.2 Å². The SMILES string of the molecule is CCc1ccccc1OCCCCCCc1ccc(NC(=O)N2CCN(C(=O)OC(C)(C)C)CC2)cc1. The first kappa shape index (κ1) is 28.4. The number of carbonyl (C=O) groups excluding carboxylic acids is 2. The number of urea groups is 1. The molecule has 7 heteroatoms. The van der Waals surface area contributed by atoms with E-state index in [2.05, 4.69) is 42.6 Å². The monoisotopic (exact) mass is 509 g/mol. The average Bonchev–Trinajstić information content (AvgIpc) is 2.88. The van der Waals surface area contributed by atoms with Crippen LogP contribution in [0.5, 0.6) is 5.75 Å². The normalized spacial score (nSPS) is 13.8. The molecule has 1 aliphatic heterocycles. The first-order chi connectivity index (χ1) is 17.7. The van der Waals surface area contributed by atoms with Crippen LogP contribution in [0.3, 0.4) is 0 Å². The zero-order chi connectivity index (χ0) is 26.7. The van der Waals surface area contributed by atoms with Gasteiger partial charge in [0.25, 0.3) is 0 Å². The van der Waals surface area contributed by atoms with Crippen molar-refractivity contribution in [2.75, 3.05) is 38.1 Å². The Labute approximate surface area is 222 Å². The molecule has 0 bridgehead atoms. The number of hydrogen-bond donors (Lipinski definition) is 1. The highest BCUT2D eigenvalue weighted by molar-refractivity contribution is 5.89. The zero-order valence-electron chi connectivity index (χ0n) is 22.9. The maximum Gasteiger partial charge on any atom is 0.410 e. The minimum atomic E-state index is -0.520. The quantitative estimate of drug-likeness (QED) is 0.370. The molecule has 1 heterocycles. The van der Waals surface area contributed by atoms with Gasteiger partial charge in [-0.1, -0.05) is 50.1 Å². The highest BCUT2D eigenvalue weighted by Gasteiger charge is 2.27. The number of ether oxygens (including phenoxy) is 2. The van der Waals surface area contributed by atoms with Crippen molar-refractivity contribution in [1.29, 1.82) is 0 Å². The van der Waals surface area contributed by atoms with E-state index < -0.39 is 5.60 Å². The lowest BCUT2D eigenvalue weighted by Gasteiger charge is -2.35. The summed E-state index contributed by atoms with van der Waals surface area (Å²) in [6.45, 7) is 10.4. The van der Waals surface area contributed by atoms with Crippen molar-refractivity contribution in [2.45, 2.75) is 71.8 Å². The fourth-order valence-electron chi connectivity index (χ4n) is 4.28. The Hall–Kier alpha value is -3.22. The van der Waals surface area contributed by atoms with E-state index in [9.17, 15) is 9.59 Å². The van der Waals surface area contributed by atoms with Gasteiger partial charge in [0, 0.05) is 31.9 Å². The topological polar surface area (TPSA) is 71.1 Å². The van der Waals surface area contributed by atoms with E-state index >= 15 is 0 Å². The second-order valence-electron chi connectivity index (χ2n) is 10.6. The number of hydrogen-bond acceptors (Lipinski definition) is 4. The fraction of sp³-hybridized carbons (Fsp3) is 0.533. The number of carbonyl (C=O) groups is 2. The highest BCUT2D eigenvalue weighted by Crippen LogP contribution is 2.19. The van der Waals surface area contributed by atoms with Crippen molar-refractivity contribution in [1.82, 2.24) is 9.80 Å². The molecular weight excluding hydrogens is 466 g/mol. The van der Waals surface area contributed by atoms with Crippen LogP contribution in [0, 0.1) is 0 Å². The molecule has 2 aromatic rings. The first-order valence-corrected chi connectivity index (χ1v) is 13.6. The van der Waals surface area contributed by atoms with Crippen molar-refractivity contribution in [3.05, 3.63) is 59.7 Å². The van der Waals surface area contributed by atoms with Gasteiger partial charge in [-0.3, -0.25) is 0 Å². The average molecular weight is 510 g/mol. The molecule has 1 fully saturated rings. The molecule has 1 aliphatic rings. The minimum absolute atomic E-state index is 0.139. The van der Waals surface area contributed by atoms with Crippen LogP contribution in [-0.4, -0.2) is 60.3 Å². The molecule has 0 saturated carbocycles. The molecule has 1 saturated heterocycles. The van der Waals surface area contributed by atoms with Gasteiger partial charge in [-0.05, 0) is 75.8 Å². The largest absolute Gasteiger partial charge is 0.493 e. The maximum absolute atomic E-state index is 12.7. The number of nitrogens with zero attached hydrogens (tertiary/aromatic N) is 2. The third-order valence-corrected chi connectivity index (χ3v) is 6.39. The first-order valence-electron chi connectivity index (χ1n) is 13.6. The Morgan fingerprint density at radius 1 is 0.865 bits per heavy atom. The molecule has 0 spiro atoms. The van der Waals surface area contributed by atoms with Crippen LogP contribution in [0.4, 0.5) is 15.3 Å². The number of unbranched alkanes of at least 4 members (excludes halogenated alkanes) is 3. The molecule has 0 radical (unpaired) electrons. The summed E-state index contributed by atoms with van der Waals surface area (Å²) in [7, 11) is 0. The molecule has 2 aromatic carbocycles. The number of benzene rings is 2. The van der Waals surface area contributed by atoms with E-state index in [1.165, 1.54) is 17.5 Å². The van der Waals surface area contributed by atoms with Crippen LogP contribution in [0.15, 0.2) is 48.5 Å². The van der Waals surface area contributed by atoms with Crippen molar-refractivity contribution in [3.8, 4) is 5.75 Å². The lowest BCUT2D eigenvalue weighted by molar-refractivity contribution is 0.0174. The Kier molecular flexibility index (Phi) is 10.7. The lowest BCUT2D eigenvalue weighted by atomic mass is 10.1. The van der Waals surface area contributed by atoms with E-state index in [1.807, 2.05) is 39.0 Å². The minimum Gasteiger partial charge on any atom is -0.493 e. The molecular formula is C30H43N3O4. The Morgan fingerprint density at radius 3 is 2.19 bits per heavy atom. The molecule has 0 aromatic heterocycles. The van der Waals surface area contributed by atoms with Crippen molar-refractivity contribution in [2.24, 2.45) is 0 Å². The summed E-state index contributed by atoms with van der Waals surface area (Å²) in [5.74, 6) is 1.01. The van der Waals surface area contributed by atoms with Crippen LogP contribution >= 0.6 is 0 Å². The summed E-state index contributed by atoms with van der Waals surface area (Å²) in [6, 6.07) is 16.2. The zero-order valence-corrected chi connectivity index (χ0v) is 22.9. The Balaban J connectivity index is 1.29. The number of nitrogens with one attached hydrogen (secondary N) is 1. The molecule has 3 amide bonds. The van der Waals surface area contributed by atoms with Crippen molar-refractivity contribution >= 4 is 17.8 Å².